The van der Waals surface area contributed by atoms with Crippen LogP contribution in [0, 0.1) is 6.92 Å². The summed E-state index contributed by atoms with van der Waals surface area (Å²) in [6, 6.07) is 8.04. The van der Waals surface area contributed by atoms with Crippen LogP contribution < -0.4 is 4.74 Å². The van der Waals surface area contributed by atoms with Crippen molar-refractivity contribution in [2.24, 2.45) is 12.0 Å². The average Bonchev–Trinajstić information content (AvgIpc) is 2.86. The Kier molecular flexibility index (Phi) is 4.21. The molecule has 0 amide bonds. The van der Waals surface area contributed by atoms with Gasteiger partial charge in [0.1, 0.15) is 12.4 Å². The monoisotopic (exact) mass is 320 g/mol. The van der Waals surface area contributed by atoms with E-state index in [1.165, 1.54) is 11.1 Å². The van der Waals surface area contributed by atoms with Crippen LogP contribution in [0.15, 0.2) is 35.8 Å². The average molecular weight is 320 g/mol. The van der Waals surface area contributed by atoms with Gasteiger partial charge in [-0.15, -0.1) is 0 Å². The number of hydrogen-bond acceptors (Lipinski definition) is 3. The number of fused-ring (bicyclic) bond motifs is 3. The van der Waals surface area contributed by atoms with Crippen LogP contribution in [-0.4, -0.2) is 30.7 Å². The lowest BCUT2D eigenvalue weighted by Gasteiger charge is -2.09. The van der Waals surface area contributed by atoms with Gasteiger partial charge in [-0.2, -0.15) is 0 Å². The number of hydrogen-bond donors (Lipinski definition) is 0. The predicted octanol–water partition coefficient (Wildman–Crippen LogP) is 3.91. The molecule has 0 bridgehead atoms. The van der Waals surface area contributed by atoms with E-state index in [4.69, 9.17) is 4.74 Å². The molecule has 0 spiro atoms. The van der Waals surface area contributed by atoms with Crippen LogP contribution in [0.2, 0.25) is 0 Å². The highest BCUT2D eigenvalue weighted by atomic mass is 16.5. The molecule has 122 valence electrons. The molecule has 1 heterocycles. The number of aromatic nitrogens is 1. The quantitative estimate of drug-likeness (QED) is 0.528. The van der Waals surface area contributed by atoms with Crippen LogP contribution in [0.3, 0.4) is 0 Å². The number of carbonyl (C=O) groups is 1. The van der Waals surface area contributed by atoms with Crippen LogP contribution in [-0.2, 0) is 11.8 Å². The fraction of sp³-hybridized carbons (Fsp3) is 0.200. The Labute approximate surface area is 141 Å². The van der Waals surface area contributed by atoms with Gasteiger partial charge in [0.15, 0.2) is 6.29 Å². The molecular weight excluding hydrogens is 300 g/mol. The molecule has 0 unspecified atom stereocenters. The van der Waals surface area contributed by atoms with Crippen molar-refractivity contribution in [3.05, 3.63) is 47.5 Å². The molecular formula is C20H20N2O2. The van der Waals surface area contributed by atoms with Gasteiger partial charge in [-0.3, -0.25) is 9.79 Å². The lowest BCUT2D eigenvalue weighted by Crippen LogP contribution is -1.97. The highest BCUT2D eigenvalue weighted by molar-refractivity contribution is 6.12. The molecule has 4 heteroatoms. The third-order valence-corrected chi connectivity index (χ3v) is 4.37. The highest BCUT2D eigenvalue weighted by Crippen LogP contribution is 2.35. The number of aldehydes is 1. The SMILES string of the molecule is C=Cc1c(C=NC)cc2c3cc(OCC=O)ccc3n(C)c2c1C. The standard InChI is InChI=1S/C20H20N2O2/c1-5-16-13(2)20-18(10-14(16)12-21-3)17-11-15(24-9-8-23)6-7-19(17)22(20)4/h5-8,10-12H,1,9H2,2-4H3. The Bertz CT molecular complexity index is 981. The van der Waals surface area contributed by atoms with Crippen LogP contribution in [0.25, 0.3) is 27.9 Å². The topological polar surface area (TPSA) is 43.6 Å². The molecule has 3 rings (SSSR count). The van der Waals surface area contributed by atoms with Gasteiger partial charge in [-0.05, 0) is 42.3 Å². The maximum Gasteiger partial charge on any atom is 0.157 e. The van der Waals surface area contributed by atoms with E-state index >= 15 is 0 Å². The van der Waals surface area contributed by atoms with Crippen molar-refractivity contribution < 1.29 is 9.53 Å². The van der Waals surface area contributed by atoms with Crippen LogP contribution in [0.4, 0.5) is 0 Å². The summed E-state index contributed by atoms with van der Waals surface area (Å²) in [4.78, 5) is 14.7. The third kappa shape index (κ3) is 2.40. The summed E-state index contributed by atoms with van der Waals surface area (Å²) in [6.45, 7) is 6.11. The highest BCUT2D eigenvalue weighted by Gasteiger charge is 2.15. The number of benzene rings is 2. The fourth-order valence-electron chi connectivity index (χ4n) is 3.37. The van der Waals surface area contributed by atoms with Gasteiger partial charge in [0, 0.05) is 42.2 Å². The number of rotatable bonds is 5. The second kappa shape index (κ2) is 6.32. The number of aliphatic imine (C=N–C) groups is 1. The van der Waals surface area contributed by atoms with Crippen molar-refractivity contribution in [3.63, 3.8) is 0 Å². The molecule has 0 aliphatic carbocycles. The van der Waals surface area contributed by atoms with Gasteiger partial charge in [0.05, 0.1) is 5.52 Å². The molecule has 0 aliphatic heterocycles. The van der Waals surface area contributed by atoms with Gasteiger partial charge in [0.2, 0.25) is 0 Å². The van der Waals surface area contributed by atoms with Crippen LogP contribution >= 0.6 is 0 Å². The number of aryl methyl sites for hydroxylation is 2. The summed E-state index contributed by atoms with van der Waals surface area (Å²) in [5.74, 6) is 0.693. The molecule has 0 saturated heterocycles. The van der Waals surface area contributed by atoms with Gasteiger partial charge in [-0.1, -0.05) is 12.7 Å². The Hall–Kier alpha value is -2.88. The van der Waals surface area contributed by atoms with E-state index in [0.717, 1.165) is 33.7 Å². The lowest BCUT2D eigenvalue weighted by atomic mass is 9.98. The Balaban J connectivity index is 2.39. The molecule has 1 aromatic heterocycles. The minimum atomic E-state index is 0.0592. The minimum absolute atomic E-state index is 0.0592. The number of ether oxygens (including phenoxy) is 1. The molecule has 0 radical (unpaired) electrons. The van der Waals surface area contributed by atoms with Gasteiger partial charge in [0.25, 0.3) is 0 Å². The van der Waals surface area contributed by atoms with Gasteiger partial charge in [-0.25, -0.2) is 0 Å². The van der Waals surface area contributed by atoms with Gasteiger partial charge < -0.3 is 9.30 Å². The number of carbonyl (C=O) groups excluding carboxylic acids is 1. The second-order valence-corrected chi connectivity index (χ2v) is 5.71. The van der Waals surface area contributed by atoms with Crippen molar-refractivity contribution in [1.82, 2.24) is 4.57 Å². The normalized spacial score (nSPS) is 11.5. The Morgan fingerprint density at radius 2 is 2.08 bits per heavy atom. The zero-order chi connectivity index (χ0) is 17.3. The Morgan fingerprint density at radius 3 is 2.75 bits per heavy atom. The summed E-state index contributed by atoms with van der Waals surface area (Å²) in [5.41, 5.74) is 5.60. The third-order valence-electron chi connectivity index (χ3n) is 4.37. The van der Waals surface area contributed by atoms with Crippen molar-refractivity contribution in [3.8, 4) is 5.75 Å². The summed E-state index contributed by atoms with van der Waals surface area (Å²) in [6.07, 6.45) is 4.49. The van der Waals surface area contributed by atoms with E-state index in [-0.39, 0.29) is 6.61 Å². The predicted molar refractivity (Wildman–Crippen MR) is 100 cm³/mol. The maximum absolute atomic E-state index is 10.5. The van der Waals surface area contributed by atoms with E-state index in [0.29, 0.717) is 5.75 Å². The van der Waals surface area contributed by atoms with Crippen molar-refractivity contribution in [1.29, 1.82) is 0 Å². The first-order valence-corrected chi connectivity index (χ1v) is 7.79. The summed E-state index contributed by atoms with van der Waals surface area (Å²) < 4.78 is 7.64. The van der Waals surface area contributed by atoms with E-state index in [1.807, 2.05) is 30.5 Å². The van der Waals surface area contributed by atoms with Crippen molar-refractivity contribution >= 4 is 40.4 Å². The molecule has 4 nitrogen and oxygen atoms in total. The Morgan fingerprint density at radius 1 is 1.29 bits per heavy atom. The maximum atomic E-state index is 10.5. The molecule has 3 aromatic rings. The summed E-state index contributed by atoms with van der Waals surface area (Å²) >= 11 is 0. The first-order valence-electron chi connectivity index (χ1n) is 7.79. The molecule has 0 atom stereocenters. The molecule has 0 aliphatic rings. The first-order chi connectivity index (χ1) is 11.6. The molecule has 0 saturated carbocycles. The zero-order valence-electron chi connectivity index (χ0n) is 14.2. The van der Waals surface area contributed by atoms with E-state index in [9.17, 15) is 4.79 Å². The fourth-order valence-corrected chi connectivity index (χ4v) is 3.37. The summed E-state index contributed by atoms with van der Waals surface area (Å²) in [5, 5.41) is 2.24. The second-order valence-electron chi connectivity index (χ2n) is 5.71. The van der Waals surface area contributed by atoms with Crippen LogP contribution in [0.5, 0.6) is 5.75 Å². The first kappa shape index (κ1) is 16.0. The largest absolute Gasteiger partial charge is 0.486 e. The summed E-state index contributed by atoms with van der Waals surface area (Å²) in [7, 11) is 3.82. The van der Waals surface area contributed by atoms with Crippen LogP contribution in [0.1, 0.15) is 16.7 Å². The molecule has 0 N–H and O–H groups in total. The number of nitrogens with zero attached hydrogens (tertiary/aromatic N) is 2. The van der Waals surface area contributed by atoms with E-state index in [2.05, 4.69) is 36.2 Å². The van der Waals surface area contributed by atoms with Crippen molar-refractivity contribution in [2.45, 2.75) is 6.92 Å². The lowest BCUT2D eigenvalue weighted by molar-refractivity contribution is -0.109. The van der Waals surface area contributed by atoms with Gasteiger partial charge >= 0.3 is 0 Å². The van der Waals surface area contributed by atoms with E-state index in [1.54, 1.807) is 7.05 Å². The smallest absolute Gasteiger partial charge is 0.157 e. The van der Waals surface area contributed by atoms with E-state index < -0.39 is 0 Å². The molecule has 24 heavy (non-hydrogen) atoms. The van der Waals surface area contributed by atoms with Crippen molar-refractivity contribution in [2.75, 3.05) is 13.7 Å². The minimum Gasteiger partial charge on any atom is -0.486 e. The molecule has 0 fully saturated rings. The zero-order valence-corrected chi connectivity index (χ0v) is 14.2. The molecule has 2 aromatic carbocycles.